The van der Waals surface area contributed by atoms with Crippen LogP contribution in [0.4, 0.5) is 10.1 Å². The van der Waals surface area contributed by atoms with Crippen molar-refractivity contribution in [2.45, 2.75) is 12.8 Å². The fourth-order valence-corrected chi connectivity index (χ4v) is 2.08. The van der Waals surface area contributed by atoms with Crippen LogP contribution >= 0.6 is 0 Å². The van der Waals surface area contributed by atoms with Gasteiger partial charge >= 0.3 is 0 Å². The fraction of sp³-hybridized carbons (Fsp3) is 0.462. The van der Waals surface area contributed by atoms with Gasteiger partial charge < -0.3 is 10.6 Å². The van der Waals surface area contributed by atoms with Crippen molar-refractivity contribution in [1.82, 2.24) is 5.32 Å². The maximum absolute atomic E-state index is 13.6. The van der Waals surface area contributed by atoms with E-state index in [0.717, 1.165) is 19.6 Å². The number of nitriles is 1. The molecule has 2 N–H and O–H groups in total. The molecule has 1 saturated heterocycles. The molecule has 1 atom stereocenters. The monoisotopic (exact) mass is 233 g/mol. The van der Waals surface area contributed by atoms with Crippen molar-refractivity contribution in [3.8, 4) is 6.07 Å². The van der Waals surface area contributed by atoms with Gasteiger partial charge in [0.25, 0.3) is 0 Å². The van der Waals surface area contributed by atoms with E-state index in [0.29, 0.717) is 17.2 Å². The van der Waals surface area contributed by atoms with Crippen LogP contribution in [0, 0.1) is 23.1 Å². The lowest BCUT2D eigenvalue weighted by Gasteiger charge is -2.23. The summed E-state index contributed by atoms with van der Waals surface area (Å²) in [4.78, 5) is 0. The quantitative estimate of drug-likeness (QED) is 0.840. The normalized spacial score (nSPS) is 19.6. The highest BCUT2D eigenvalue weighted by Gasteiger charge is 2.13. The molecule has 0 spiro atoms. The molecule has 0 aliphatic carbocycles. The number of benzene rings is 1. The number of hydrogen-bond donors (Lipinski definition) is 2. The third-order valence-corrected chi connectivity index (χ3v) is 3.08. The third kappa shape index (κ3) is 3.18. The largest absolute Gasteiger partial charge is 0.382 e. The lowest BCUT2D eigenvalue weighted by Crippen LogP contribution is -2.33. The van der Waals surface area contributed by atoms with Crippen LogP contribution in [-0.2, 0) is 0 Å². The average molecular weight is 233 g/mol. The lowest BCUT2D eigenvalue weighted by atomic mass is 9.99. The third-order valence-electron chi connectivity index (χ3n) is 3.08. The molecule has 90 valence electrons. The number of anilines is 1. The van der Waals surface area contributed by atoms with Crippen LogP contribution in [-0.4, -0.2) is 19.6 Å². The Morgan fingerprint density at radius 3 is 3.06 bits per heavy atom. The summed E-state index contributed by atoms with van der Waals surface area (Å²) in [6.07, 6.45) is 2.36. The Kier molecular flexibility index (Phi) is 3.94. The summed E-state index contributed by atoms with van der Waals surface area (Å²) in [5, 5.41) is 15.1. The Hall–Kier alpha value is -1.60. The minimum atomic E-state index is -0.354. The van der Waals surface area contributed by atoms with Gasteiger partial charge in [-0.3, -0.25) is 0 Å². The first kappa shape index (κ1) is 11.9. The first-order chi connectivity index (χ1) is 8.29. The fourth-order valence-electron chi connectivity index (χ4n) is 2.08. The van der Waals surface area contributed by atoms with Crippen LogP contribution in [0.2, 0.25) is 0 Å². The average Bonchev–Trinajstić information content (AvgIpc) is 2.38. The molecule has 1 aromatic carbocycles. The van der Waals surface area contributed by atoms with Gasteiger partial charge in [0.15, 0.2) is 0 Å². The number of nitrogens with one attached hydrogen (secondary N) is 2. The van der Waals surface area contributed by atoms with Crippen LogP contribution < -0.4 is 10.6 Å². The predicted octanol–water partition coefficient (Wildman–Crippen LogP) is 2.11. The molecule has 1 aromatic rings. The van der Waals surface area contributed by atoms with Crippen LogP contribution in [0.25, 0.3) is 0 Å². The summed E-state index contributed by atoms with van der Waals surface area (Å²) in [5.74, 6) is 0.201. The highest BCUT2D eigenvalue weighted by atomic mass is 19.1. The molecule has 4 heteroatoms. The van der Waals surface area contributed by atoms with Gasteiger partial charge in [-0.2, -0.15) is 5.26 Å². The van der Waals surface area contributed by atoms with Crippen molar-refractivity contribution >= 4 is 5.69 Å². The van der Waals surface area contributed by atoms with E-state index in [4.69, 9.17) is 5.26 Å². The Morgan fingerprint density at radius 1 is 1.53 bits per heavy atom. The van der Waals surface area contributed by atoms with Gasteiger partial charge in [-0.05, 0) is 50.0 Å². The molecule has 0 bridgehead atoms. The zero-order valence-corrected chi connectivity index (χ0v) is 9.67. The predicted molar refractivity (Wildman–Crippen MR) is 65.2 cm³/mol. The van der Waals surface area contributed by atoms with E-state index >= 15 is 0 Å². The van der Waals surface area contributed by atoms with Crippen molar-refractivity contribution in [1.29, 1.82) is 5.26 Å². The summed E-state index contributed by atoms with van der Waals surface area (Å²) in [6, 6.07) is 6.45. The molecule has 1 heterocycles. The van der Waals surface area contributed by atoms with E-state index in [9.17, 15) is 4.39 Å². The van der Waals surface area contributed by atoms with E-state index < -0.39 is 0 Å². The van der Waals surface area contributed by atoms with Crippen molar-refractivity contribution in [3.05, 3.63) is 29.6 Å². The van der Waals surface area contributed by atoms with Crippen molar-refractivity contribution in [2.24, 2.45) is 5.92 Å². The van der Waals surface area contributed by atoms with Gasteiger partial charge in [-0.15, -0.1) is 0 Å². The maximum atomic E-state index is 13.6. The van der Waals surface area contributed by atoms with Gasteiger partial charge in [0.1, 0.15) is 5.82 Å². The topological polar surface area (TPSA) is 47.9 Å². The Morgan fingerprint density at radius 2 is 2.41 bits per heavy atom. The van der Waals surface area contributed by atoms with Crippen molar-refractivity contribution < 1.29 is 4.39 Å². The molecular formula is C13H16FN3. The van der Waals surface area contributed by atoms with Gasteiger partial charge in [0.2, 0.25) is 0 Å². The maximum Gasteiger partial charge on any atom is 0.147 e. The molecular weight excluding hydrogens is 217 g/mol. The number of rotatable bonds is 3. The first-order valence-electron chi connectivity index (χ1n) is 5.94. The molecule has 17 heavy (non-hydrogen) atoms. The van der Waals surface area contributed by atoms with Crippen molar-refractivity contribution in [2.75, 3.05) is 25.0 Å². The molecule has 0 radical (unpaired) electrons. The van der Waals surface area contributed by atoms with E-state index in [1.165, 1.54) is 18.9 Å². The van der Waals surface area contributed by atoms with Crippen LogP contribution in [0.5, 0.6) is 0 Å². The number of halogens is 1. The summed E-state index contributed by atoms with van der Waals surface area (Å²) >= 11 is 0. The molecule has 1 unspecified atom stereocenters. The highest BCUT2D eigenvalue weighted by Crippen LogP contribution is 2.17. The van der Waals surface area contributed by atoms with E-state index in [1.54, 1.807) is 12.1 Å². The minimum absolute atomic E-state index is 0.354. The van der Waals surface area contributed by atoms with E-state index in [2.05, 4.69) is 10.6 Å². The molecule has 1 aliphatic heterocycles. The van der Waals surface area contributed by atoms with Gasteiger partial charge in [0, 0.05) is 6.54 Å². The Bertz CT molecular complexity index is 419. The summed E-state index contributed by atoms with van der Waals surface area (Å²) < 4.78 is 13.6. The molecule has 3 nitrogen and oxygen atoms in total. The molecule has 1 fully saturated rings. The van der Waals surface area contributed by atoms with Crippen LogP contribution in [0.15, 0.2) is 18.2 Å². The van der Waals surface area contributed by atoms with Crippen LogP contribution in [0.3, 0.4) is 0 Å². The molecule has 0 saturated carbocycles. The van der Waals surface area contributed by atoms with Crippen LogP contribution in [0.1, 0.15) is 18.4 Å². The van der Waals surface area contributed by atoms with E-state index in [-0.39, 0.29) is 5.82 Å². The first-order valence-corrected chi connectivity index (χ1v) is 5.94. The Labute approximate surface area is 101 Å². The zero-order chi connectivity index (χ0) is 12.1. The SMILES string of the molecule is N#Cc1ccc(NCC2CCCNC2)c(F)c1. The smallest absolute Gasteiger partial charge is 0.147 e. The molecule has 1 aliphatic rings. The van der Waals surface area contributed by atoms with Crippen molar-refractivity contribution in [3.63, 3.8) is 0 Å². The summed E-state index contributed by atoms with van der Waals surface area (Å²) in [7, 11) is 0. The number of hydrogen-bond acceptors (Lipinski definition) is 3. The van der Waals surface area contributed by atoms with E-state index in [1.807, 2.05) is 6.07 Å². The summed E-state index contributed by atoms with van der Waals surface area (Å²) in [5.41, 5.74) is 0.835. The summed E-state index contributed by atoms with van der Waals surface area (Å²) in [6.45, 7) is 2.85. The van der Waals surface area contributed by atoms with Gasteiger partial charge in [0.05, 0.1) is 17.3 Å². The molecule has 0 amide bonds. The Balaban J connectivity index is 1.92. The number of piperidine rings is 1. The molecule has 2 rings (SSSR count). The second kappa shape index (κ2) is 5.65. The lowest BCUT2D eigenvalue weighted by molar-refractivity contribution is 0.392. The number of nitrogens with zero attached hydrogens (tertiary/aromatic N) is 1. The second-order valence-electron chi connectivity index (χ2n) is 4.40. The minimum Gasteiger partial charge on any atom is -0.382 e. The second-order valence-corrected chi connectivity index (χ2v) is 4.40. The highest BCUT2D eigenvalue weighted by molar-refractivity contribution is 5.48. The standard InChI is InChI=1S/C13H16FN3/c14-12-6-10(7-15)3-4-13(12)17-9-11-2-1-5-16-8-11/h3-4,6,11,16-17H,1-2,5,8-9H2. The van der Waals surface area contributed by atoms with Gasteiger partial charge in [-0.1, -0.05) is 0 Å². The van der Waals surface area contributed by atoms with Gasteiger partial charge in [-0.25, -0.2) is 4.39 Å². The zero-order valence-electron chi connectivity index (χ0n) is 9.67. The molecule has 0 aromatic heterocycles.